The van der Waals surface area contributed by atoms with Crippen molar-refractivity contribution < 1.29 is 19.1 Å². The van der Waals surface area contributed by atoms with Crippen LogP contribution in [0.2, 0.25) is 0 Å². The molecule has 0 radical (unpaired) electrons. The number of nitrogens with zero attached hydrogens (tertiary/aromatic N) is 2. The lowest BCUT2D eigenvalue weighted by atomic mass is 10.1. The van der Waals surface area contributed by atoms with Gasteiger partial charge >= 0.3 is 6.03 Å². The van der Waals surface area contributed by atoms with Crippen molar-refractivity contribution in [2.75, 3.05) is 32.8 Å². The molecule has 0 saturated carbocycles. The first-order valence-electron chi connectivity index (χ1n) is 10.8. The number of fused-ring (bicyclic) bond motifs is 1. The Hall–Kier alpha value is -3.22. The van der Waals surface area contributed by atoms with Gasteiger partial charge in [-0.1, -0.05) is 24.3 Å². The zero-order valence-corrected chi connectivity index (χ0v) is 18.5. The van der Waals surface area contributed by atoms with Gasteiger partial charge in [-0.2, -0.15) is 0 Å². The summed E-state index contributed by atoms with van der Waals surface area (Å²) in [5, 5.41) is 2.95. The molecule has 1 aliphatic heterocycles. The molecule has 2 aromatic carbocycles. The third kappa shape index (κ3) is 5.69. The van der Waals surface area contributed by atoms with Crippen LogP contribution in [0.4, 0.5) is 4.79 Å². The number of urea groups is 1. The summed E-state index contributed by atoms with van der Waals surface area (Å²) in [6.45, 7) is 9.02. The minimum absolute atomic E-state index is 0.0222. The maximum absolute atomic E-state index is 12.7. The molecule has 0 saturated heterocycles. The minimum Gasteiger partial charge on any atom is -0.486 e. The monoisotopic (exact) mass is 425 g/mol. The van der Waals surface area contributed by atoms with Crippen molar-refractivity contribution in [2.24, 2.45) is 0 Å². The van der Waals surface area contributed by atoms with Crippen LogP contribution in [-0.2, 0) is 6.54 Å². The number of para-hydroxylation sites is 2. The normalized spacial score (nSPS) is 14.6. The van der Waals surface area contributed by atoms with Crippen molar-refractivity contribution in [2.45, 2.75) is 33.4 Å². The van der Waals surface area contributed by atoms with E-state index in [1.165, 1.54) is 0 Å². The second-order valence-corrected chi connectivity index (χ2v) is 7.37. The third-order valence-corrected chi connectivity index (χ3v) is 5.36. The standard InChI is InChI=1S/C24H31N3O4/c1-4-26(5-2)23(28)19-13-11-18(12-14-19)15-25-24(29)27(6-3)16-20-17-30-21-9-7-8-10-22(21)31-20/h7-14,20H,4-6,15-17H2,1-3H3,(H,25,29)/t20-/m0/s1. The van der Waals surface area contributed by atoms with Crippen molar-refractivity contribution >= 4 is 11.9 Å². The van der Waals surface area contributed by atoms with Gasteiger partial charge in [-0.05, 0) is 50.6 Å². The van der Waals surface area contributed by atoms with Crippen LogP contribution < -0.4 is 14.8 Å². The van der Waals surface area contributed by atoms with Crippen LogP contribution in [0.1, 0.15) is 36.7 Å². The second-order valence-electron chi connectivity index (χ2n) is 7.37. The van der Waals surface area contributed by atoms with E-state index >= 15 is 0 Å². The largest absolute Gasteiger partial charge is 0.486 e. The lowest BCUT2D eigenvalue weighted by Crippen LogP contribution is -2.47. The van der Waals surface area contributed by atoms with E-state index in [4.69, 9.17) is 9.47 Å². The quantitative estimate of drug-likeness (QED) is 0.702. The number of rotatable bonds is 8. The molecule has 0 bridgehead atoms. The zero-order chi connectivity index (χ0) is 22.2. The Morgan fingerprint density at radius 2 is 1.58 bits per heavy atom. The molecule has 0 aromatic heterocycles. The number of amides is 3. The smallest absolute Gasteiger partial charge is 0.317 e. The van der Waals surface area contributed by atoms with Crippen molar-refractivity contribution in [3.05, 3.63) is 59.7 Å². The van der Waals surface area contributed by atoms with Gasteiger partial charge in [0.15, 0.2) is 17.6 Å². The topological polar surface area (TPSA) is 71.1 Å². The van der Waals surface area contributed by atoms with Gasteiger partial charge in [-0.15, -0.1) is 0 Å². The Labute approximate surface area is 183 Å². The summed E-state index contributed by atoms with van der Waals surface area (Å²) in [6.07, 6.45) is -0.217. The zero-order valence-electron chi connectivity index (χ0n) is 18.5. The summed E-state index contributed by atoms with van der Waals surface area (Å²) < 4.78 is 11.7. The van der Waals surface area contributed by atoms with Gasteiger partial charge in [0.25, 0.3) is 5.91 Å². The second kappa shape index (κ2) is 10.7. The Balaban J connectivity index is 1.51. The first kappa shape index (κ1) is 22.5. The molecule has 31 heavy (non-hydrogen) atoms. The molecule has 1 heterocycles. The summed E-state index contributed by atoms with van der Waals surface area (Å²) in [6, 6.07) is 14.8. The molecule has 2 aromatic rings. The maximum Gasteiger partial charge on any atom is 0.317 e. The number of nitrogens with one attached hydrogen (secondary N) is 1. The molecular weight excluding hydrogens is 394 g/mol. The summed E-state index contributed by atoms with van der Waals surface area (Å²) in [5.74, 6) is 1.46. The number of likely N-dealkylation sites (N-methyl/N-ethyl adjacent to an activating group) is 1. The summed E-state index contributed by atoms with van der Waals surface area (Å²) in [4.78, 5) is 28.6. The Morgan fingerprint density at radius 1 is 0.935 bits per heavy atom. The highest BCUT2D eigenvalue weighted by Crippen LogP contribution is 2.31. The van der Waals surface area contributed by atoms with E-state index in [-0.39, 0.29) is 18.0 Å². The van der Waals surface area contributed by atoms with E-state index < -0.39 is 0 Å². The van der Waals surface area contributed by atoms with Gasteiger partial charge in [0.2, 0.25) is 0 Å². The molecule has 0 unspecified atom stereocenters. The molecule has 3 amide bonds. The van der Waals surface area contributed by atoms with E-state index in [0.29, 0.717) is 50.6 Å². The predicted molar refractivity (Wildman–Crippen MR) is 120 cm³/mol. The predicted octanol–water partition coefficient (Wildman–Crippen LogP) is 3.54. The summed E-state index contributed by atoms with van der Waals surface area (Å²) in [7, 11) is 0. The maximum atomic E-state index is 12.7. The lowest BCUT2D eigenvalue weighted by molar-refractivity contribution is 0.0675. The summed E-state index contributed by atoms with van der Waals surface area (Å²) >= 11 is 0. The number of benzene rings is 2. The van der Waals surface area contributed by atoms with Gasteiger partial charge in [0, 0.05) is 31.7 Å². The first-order valence-corrected chi connectivity index (χ1v) is 10.8. The van der Waals surface area contributed by atoms with Gasteiger partial charge in [0.1, 0.15) is 6.61 Å². The summed E-state index contributed by atoms with van der Waals surface area (Å²) in [5.41, 5.74) is 1.59. The average Bonchev–Trinajstić information content (AvgIpc) is 2.82. The highest BCUT2D eigenvalue weighted by molar-refractivity contribution is 5.94. The third-order valence-electron chi connectivity index (χ3n) is 5.36. The van der Waals surface area contributed by atoms with Crippen molar-refractivity contribution in [1.82, 2.24) is 15.1 Å². The van der Waals surface area contributed by atoms with Crippen LogP contribution in [-0.4, -0.2) is 60.6 Å². The average molecular weight is 426 g/mol. The number of hydrogen-bond donors (Lipinski definition) is 1. The lowest BCUT2D eigenvalue weighted by Gasteiger charge is -2.31. The molecule has 0 spiro atoms. The number of hydrogen-bond acceptors (Lipinski definition) is 4. The van der Waals surface area contributed by atoms with Crippen LogP contribution in [0.25, 0.3) is 0 Å². The van der Waals surface area contributed by atoms with Crippen LogP contribution in [0.5, 0.6) is 11.5 Å². The van der Waals surface area contributed by atoms with Gasteiger partial charge in [-0.3, -0.25) is 4.79 Å². The van der Waals surface area contributed by atoms with Crippen molar-refractivity contribution in [3.8, 4) is 11.5 Å². The van der Waals surface area contributed by atoms with E-state index in [1.807, 2.05) is 69.3 Å². The van der Waals surface area contributed by atoms with Crippen LogP contribution >= 0.6 is 0 Å². The molecule has 1 aliphatic rings. The van der Waals surface area contributed by atoms with E-state index in [2.05, 4.69) is 5.32 Å². The molecule has 0 fully saturated rings. The van der Waals surface area contributed by atoms with Crippen LogP contribution in [0.15, 0.2) is 48.5 Å². The van der Waals surface area contributed by atoms with Crippen molar-refractivity contribution in [1.29, 1.82) is 0 Å². The molecule has 166 valence electrons. The molecule has 1 atom stereocenters. The molecule has 3 rings (SSSR count). The highest BCUT2D eigenvalue weighted by atomic mass is 16.6. The SMILES string of the molecule is CCN(C[C@H]1COc2ccccc2O1)C(=O)NCc1ccc(C(=O)N(CC)CC)cc1. The van der Waals surface area contributed by atoms with Gasteiger partial charge in [0.05, 0.1) is 6.54 Å². The van der Waals surface area contributed by atoms with Crippen molar-refractivity contribution in [3.63, 3.8) is 0 Å². The Bertz CT molecular complexity index is 881. The number of carbonyl (C=O) groups is 2. The first-order chi connectivity index (χ1) is 15.0. The Kier molecular flexibility index (Phi) is 7.76. The van der Waals surface area contributed by atoms with E-state index in [0.717, 1.165) is 11.3 Å². The van der Waals surface area contributed by atoms with E-state index in [9.17, 15) is 9.59 Å². The minimum atomic E-state index is -0.217. The fraction of sp³-hybridized carbons (Fsp3) is 0.417. The number of ether oxygens (including phenoxy) is 2. The molecular formula is C24H31N3O4. The van der Waals surface area contributed by atoms with E-state index in [1.54, 1.807) is 9.80 Å². The molecule has 7 heteroatoms. The highest BCUT2D eigenvalue weighted by Gasteiger charge is 2.24. The molecule has 7 nitrogen and oxygen atoms in total. The molecule has 1 N–H and O–H groups in total. The number of carbonyl (C=O) groups excluding carboxylic acids is 2. The molecule has 0 aliphatic carbocycles. The van der Waals surface area contributed by atoms with Crippen LogP contribution in [0.3, 0.4) is 0 Å². The van der Waals surface area contributed by atoms with Gasteiger partial charge < -0.3 is 24.6 Å². The van der Waals surface area contributed by atoms with Crippen LogP contribution in [0, 0.1) is 0 Å². The van der Waals surface area contributed by atoms with Gasteiger partial charge in [-0.25, -0.2) is 4.79 Å². The fourth-order valence-electron chi connectivity index (χ4n) is 3.50. The fourth-order valence-corrected chi connectivity index (χ4v) is 3.50. The Morgan fingerprint density at radius 3 is 2.23 bits per heavy atom.